The summed E-state index contributed by atoms with van der Waals surface area (Å²) in [5.41, 5.74) is 3.69. The predicted molar refractivity (Wildman–Crippen MR) is 80.7 cm³/mol. The first-order valence-corrected chi connectivity index (χ1v) is 7.54. The number of nitrogens with zero attached hydrogens (tertiary/aromatic N) is 1. The highest BCUT2D eigenvalue weighted by Gasteiger charge is 2.30. The van der Waals surface area contributed by atoms with E-state index in [0.29, 0.717) is 18.5 Å². The third kappa shape index (κ3) is 2.56. The van der Waals surface area contributed by atoms with Gasteiger partial charge in [0.2, 0.25) is 5.91 Å². The molecule has 1 aromatic rings. The number of benzene rings is 1. The molecule has 0 aliphatic carbocycles. The molecule has 2 amide bonds. The van der Waals surface area contributed by atoms with Crippen LogP contribution >= 0.6 is 0 Å². The summed E-state index contributed by atoms with van der Waals surface area (Å²) in [6.07, 6.45) is 2.94. The first kappa shape index (κ1) is 14.6. The summed E-state index contributed by atoms with van der Waals surface area (Å²) in [7, 11) is 0. The molecule has 2 heterocycles. The molecule has 0 radical (unpaired) electrons. The summed E-state index contributed by atoms with van der Waals surface area (Å²) in [5.74, 6) is -1.49. The Balaban J connectivity index is 1.88. The molecule has 0 unspecified atom stereocenters. The second-order valence-electron chi connectivity index (χ2n) is 5.47. The lowest BCUT2D eigenvalue weighted by atomic mass is 9.91. The normalized spacial score (nSPS) is 16.0. The van der Waals surface area contributed by atoms with Crippen LogP contribution in [0.3, 0.4) is 0 Å². The van der Waals surface area contributed by atoms with E-state index in [4.69, 9.17) is 0 Å². The van der Waals surface area contributed by atoms with Gasteiger partial charge in [0.05, 0.1) is 12.3 Å². The summed E-state index contributed by atoms with van der Waals surface area (Å²) in [6.45, 7) is 2.58. The molecule has 2 aliphatic rings. The SMILES string of the molecule is CCOC(=O)C(=O)Nc1cc2c3c(c1)CCC(=O)N3CCC2. The Morgan fingerprint density at radius 2 is 1.95 bits per heavy atom. The molecular formula is C16H18N2O4. The number of nitrogens with one attached hydrogen (secondary N) is 1. The van der Waals surface area contributed by atoms with E-state index in [1.165, 1.54) is 0 Å². The Kier molecular flexibility index (Phi) is 3.83. The molecule has 116 valence electrons. The van der Waals surface area contributed by atoms with E-state index in [1.54, 1.807) is 6.92 Å². The van der Waals surface area contributed by atoms with Crippen LogP contribution in [0.2, 0.25) is 0 Å². The standard InChI is InChI=1S/C16H18N2O4/c1-2-22-16(21)15(20)17-12-8-10-4-3-7-18-13(19)6-5-11(9-12)14(10)18/h8-9H,2-7H2,1H3,(H,17,20). The van der Waals surface area contributed by atoms with Crippen molar-refractivity contribution in [2.24, 2.45) is 0 Å². The van der Waals surface area contributed by atoms with Crippen LogP contribution in [0.4, 0.5) is 11.4 Å². The van der Waals surface area contributed by atoms with Crippen LogP contribution in [-0.4, -0.2) is 30.9 Å². The second kappa shape index (κ2) is 5.79. The second-order valence-corrected chi connectivity index (χ2v) is 5.47. The number of carbonyl (C=O) groups is 3. The van der Waals surface area contributed by atoms with Crippen LogP contribution in [0.1, 0.15) is 30.9 Å². The van der Waals surface area contributed by atoms with Gasteiger partial charge < -0.3 is 15.0 Å². The first-order chi connectivity index (χ1) is 10.6. The molecule has 0 atom stereocenters. The molecule has 0 aromatic heterocycles. The minimum atomic E-state index is -0.884. The number of esters is 1. The number of ether oxygens (including phenoxy) is 1. The number of hydrogen-bond donors (Lipinski definition) is 1. The van der Waals surface area contributed by atoms with Crippen LogP contribution < -0.4 is 10.2 Å². The maximum atomic E-state index is 12.0. The molecule has 0 spiro atoms. The monoisotopic (exact) mass is 302 g/mol. The number of amides is 2. The molecule has 0 saturated carbocycles. The van der Waals surface area contributed by atoms with Crippen molar-refractivity contribution in [3.8, 4) is 0 Å². The molecule has 0 fully saturated rings. The van der Waals surface area contributed by atoms with Crippen LogP contribution in [-0.2, 0) is 32.0 Å². The fourth-order valence-corrected chi connectivity index (χ4v) is 3.10. The maximum Gasteiger partial charge on any atom is 0.397 e. The van der Waals surface area contributed by atoms with E-state index >= 15 is 0 Å². The molecule has 2 aliphatic heterocycles. The van der Waals surface area contributed by atoms with Crippen molar-refractivity contribution in [3.05, 3.63) is 23.3 Å². The van der Waals surface area contributed by atoms with Crippen molar-refractivity contribution >= 4 is 29.2 Å². The van der Waals surface area contributed by atoms with Crippen molar-refractivity contribution in [1.82, 2.24) is 0 Å². The van der Waals surface area contributed by atoms with Gasteiger partial charge in [0.1, 0.15) is 0 Å². The van der Waals surface area contributed by atoms with Gasteiger partial charge >= 0.3 is 11.9 Å². The van der Waals surface area contributed by atoms with Gasteiger partial charge in [-0.1, -0.05) is 0 Å². The Morgan fingerprint density at radius 3 is 2.68 bits per heavy atom. The van der Waals surface area contributed by atoms with Crippen molar-refractivity contribution in [3.63, 3.8) is 0 Å². The summed E-state index contributed by atoms with van der Waals surface area (Å²) in [4.78, 5) is 37.0. The van der Waals surface area contributed by atoms with Gasteiger partial charge in [0.15, 0.2) is 0 Å². The quantitative estimate of drug-likeness (QED) is 0.662. The summed E-state index contributed by atoms with van der Waals surface area (Å²) in [5, 5.41) is 2.58. The largest absolute Gasteiger partial charge is 0.459 e. The smallest absolute Gasteiger partial charge is 0.397 e. The molecule has 0 saturated heterocycles. The van der Waals surface area contributed by atoms with Gasteiger partial charge in [-0.3, -0.25) is 9.59 Å². The molecule has 6 heteroatoms. The number of rotatable bonds is 2. The Hall–Kier alpha value is -2.37. The number of hydrogen-bond acceptors (Lipinski definition) is 4. The van der Waals surface area contributed by atoms with Crippen molar-refractivity contribution in [2.45, 2.75) is 32.6 Å². The lowest BCUT2D eigenvalue weighted by Gasteiger charge is -2.35. The van der Waals surface area contributed by atoms with Crippen LogP contribution in [0.5, 0.6) is 0 Å². The van der Waals surface area contributed by atoms with Crippen LogP contribution in [0.25, 0.3) is 0 Å². The van der Waals surface area contributed by atoms with Crippen LogP contribution in [0.15, 0.2) is 12.1 Å². The van der Waals surface area contributed by atoms with E-state index in [2.05, 4.69) is 10.1 Å². The molecule has 1 N–H and O–H groups in total. The minimum absolute atomic E-state index is 0.164. The highest BCUT2D eigenvalue weighted by atomic mass is 16.5. The molecule has 6 nitrogen and oxygen atoms in total. The maximum absolute atomic E-state index is 12.0. The van der Waals surface area contributed by atoms with Gasteiger partial charge in [-0.25, -0.2) is 4.79 Å². The van der Waals surface area contributed by atoms with E-state index < -0.39 is 11.9 Å². The minimum Gasteiger partial charge on any atom is -0.459 e. The zero-order chi connectivity index (χ0) is 15.7. The lowest BCUT2D eigenvalue weighted by molar-refractivity contribution is -0.152. The number of carbonyl (C=O) groups excluding carboxylic acids is 3. The topological polar surface area (TPSA) is 75.7 Å². The molecule has 1 aromatic carbocycles. The van der Waals surface area contributed by atoms with Gasteiger partial charge in [-0.2, -0.15) is 0 Å². The van der Waals surface area contributed by atoms with Gasteiger partial charge in [-0.15, -0.1) is 0 Å². The van der Waals surface area contributed by atoms with Crippen molar-refractivity contribution < 1.29 is 19.1 Å². The van der Waals surface area contributed by atoms with Crippen molar-refractivity contribution in [1.29, 1.82) is 0 Å². The van der Waals surface area contributed by atoms with Crippen molar-refractivity contribution in [2.75, 3.05) is 23.4 Å². The molecule has 0 bridgehead atoms. The Labute approximate surface area is 128 Å². The van der Waals surface area contributed by atoms with Crippen LogP contribution in [0, 0.1) is 0 Å². The van der Waals surface area contributed by atoms with E-state index in [-0.39, 0.29) is 12.5 Å². The predicted octanol–water partition coefficient (Wildman–Crippen LogP) is 1.41. The van der Waals surface area contributed by atoms with Gasteiger partial charge in [-0.05, 0) is 49.4 Å². The van der Waals surface area contributed by atoms with Gasteiger partial charge in [0.25, 0.3) is 0 Å². The highest BCUT2D eigenvalue weighted by molar-refractivity contribution is 6.37. The Bertz CT molecular complexity index is 637. The zero-order valence-corrected chi connectivity index (χ0v) is 12.5. The fraction of sp³-hybridized carbons (Fsp3) is 0.438. The van der Waals surface area contributed by atoms with Gasteiger partial charge in [0, 0.05) is 18.7 Å². The fourth-order valence-electron chi connectivity index (χ4n) is 3.10. The number of aryl methyl sites for hydroxylation is 2. The van der Waals surface area contributed by atoms with E-state index in [9.17, 15) is 14.4 Å². The highest BCUT2D eigenvalue weighted by Crippen LogP contribution is 2.37. The third-order valence-electron chi connectivity index (χ3n) is 3.99. The average Bonchev–Trinajstić information content (AvgIpc) is 2.51. The summed E-state index contributed by atoms with van der Waals surface area (Å²) < 4.78 is 4.68. The Morgan fingerprint density at radius 1 is 1.23 bits per heavy atom. The zero-order valence-electron chi connectivity index (χ0n) is 12.5. The molecule has 3 rings (SSSR count). The lowest BCUT2D eigenvalue weighted by Crippen LogP contribution is -2.39. The average molecular weight is 302 g/mol. The molecule has 22 heavy (non-hydrogen) atoms. The molecular weight excluding hydrogens is 284 g/mol. The summed E-state index contributed by atoms with van der Waals surface area (Å²) in [6, 6.07) is 3.70. The summed E-state index contributed by atoms with van der Waals surface area (Å²) >= 11 is 0. The van der Waals surface area contributed by atoms with E-state index in [1.807, 2.05) is 17.0 Å². The van der Waals surface area contributed by atoms with E-state index in [0.717, 1.165) is 36.2 Å². The third-order valence-corrected chi connectivity index (χ3v) is 3.99. The number of anilines is 2. The first-order valence-electron chi connectivity index (χ1n) is 7.54.